The van der Waals surface area contributed by atoms with Gasteiger partial charge < -0.3 is 25.2 Å². The Morgan fingerprint density at radius 3 is 0.816 bits per heavy atom. The highest BCUT2D eigenvalue weighted by atomic mass is 16.6. The van der Waals surface area contributed by atoms with E-state index >= 15 is 0 Å². The van der Waals surface area contributed by atoms with Crippen molar-refractivity contribution in [1.29, 1.82) is 0 Å². The number of ether oxygens (including phenoxy) is 1. The number of unbranched alkanes of at least 4 members (excludes halogenated alkanes) is 24. The molecule has 7 nitrogen and oxygen atoms in total. The molecule has 0 aromatic heterocycles. The lowest BCUT2D eigenvalue weighted by Gasteiger charge is -2.27. The average Bonchev–Trinajstić information content (AvgIpc) is 3.07. The number of rotatable bonds is 36. The van der Waals surface area contributed by atoms with Crippen molar-refractivity contribution in [1.82, 2.24) is 0 Å². The molecule has 0 aliphatic rings. The Hall–Kier alpha value is -1.02. The Bertz CT molecular complexity index is 708. The molecular weight excluding hydrogens is 616 g/mol. The van der Waals surface area contributed by atoms with E-state index in [9.17, 15) is 30.0 Å². The summed E-state index contributed by atoms with van der Waals surface area (Å²) >= 11 is 0. The van der Waals surface area contributed by atoms with Crippen LogP contribution < -0.4 is 0 Å². The van der Waals surface area contributed by atoms with Gasteiger partial charge in [0.15, 0.2) is 11.2 Å². The average molecular weight is 699 g/mol. The lowest BCUT2D eigenvalue weighted by atomic mass is 9.94. The van der Waals surface area contributed by atoms with Crippen molar-refractivity contribution < 1.29 is 34.8 Å². The van der Waals surface area contributed by atoms with E-state index in [0.29, 0.717) is 12.8 Å². The van der Waals surface area contributed by atoms with E-state index in [0.717, 1.165) is 50.4 Å². The Labute approximate surface area is 302 Å². The van der Waals surface area contributed by atoms with Gasteiger partial charge in [0.1, 0.15) is 0 Å². The predicted octanol–water partition coefficient (Wildman–Crippen LogP) is 10.5. The van der Waals surface area contributed by atoms with Crippen molar-refractivity contribution in [3.63, 3.8) is 0 Å². The zero-order chi connectivity index (χ0) is 36.6. The maximum atomic E-state index is 12.6. The molecule has 0 aromatic rings. The number of carbonyl (C=O) groups excluding carboxylic acids is 2. The Balaban J connectivity index is 4.00. The van der Waals surface area contributed by atoms with Gasteiger partial charge in [-0.2, -0.15) is 0 Å². The van der Waals surface area contributed by atoms with Gasteiger partial charge in [-0.05, 0) is 37.5 Å². The van der Waals surface area contributed by atoms with Gasteiger partial charge in [-0.15, -0.1) is 0 Å². The third-order valence-electron chi connectivity index (χ3n) is 10.2. The van der Waals surface area contributed by atoms with Crippen molar-refractivity contribution in [2.24, 2.45) is 11.8 Å². The topological polar surface area (TPSA) is 124 Å². The molecular formula is C42H82O7. The minimum atomic E-state index is -2.20. The van der Waals surface area contributed by atoms with Crippen LogP contribution in [0.1, 0.15) is 220 Å². The summed E-state index contributed by atoms with van der Waals surface area (Å²) in [6.07, 6.45) is 32.9. The highest BCUT2D eigenvalue weighted by Gasteiger charge is 2.43. The molecule has 0 fully saturated rings. The van der Waals surface area contributed by atoms with E-state index in [1.807, 2.05) is 0 Å². The third kappa shape index (κ3) is 27.3. The van der Waals surface area contributed by atoms with Gasteiger partial charge in [-0.25, -0.2) is 9.59 Å². The van der Waals surface area contributed by atoms with Gasteiger partial charge >= 0.3 is 11.9 Å². The molecule has 2 atom stereocenters. The minimum Gasteiger partial charge on any atom is -0.393 e. The summed E-state index contributed by atoms with van der Waals surface area (Å²) in [5.74, 6) is -0.900. The van der Waals surface area contributed by atoms with E-state index in [1.165, 1.54) is 128 Å². The summed E-state index contributed by atoms with van der Waals surface area (Å²) in [5.41, 5.74) is -4.40. The molecule has 0 heterocycles. The molecule has 0 bridgehead atoms. The van der Waals surface area contributed by atoms with Crippen LogP contribution in [0, 0.1) is 11.8 Å². The highest BCUT2D eigenvalue weighted by molar-refractivity contribution is 5.94. The molecule has 0 saturated carbocycles. The van der Waals surface area contributed by atoms with Crippen molar-refractivity contribution in [3.8, 4) is 0 Å². The van der Waals surface area contributed by atoms with E-state index in [4.69, 9.17) is 4.74 Å². The molecule has 0 radical (unpaired) electrons. The number of hydrogen-bond acceptors (Lipinski definition) is 7. The van der Waals surface area contributed by atoms with Crippen LogP contribution in [0.15, 0.2) is 0 Å². The number of esters is 2. The first-order chi connectivity index (χ1) is 23.5. The number of carbonyl (C=O) groups is 2. The third-order valence-corrected chi connectivity index (χ3v) is 10.2. The molecule has 0 saturated heterocycles. The predicted molar refractivity (Wildman–Crippen MR) is 203 cm³/mol. The first-order valence-corrected chi connectivity index (χ1v) is 20.9. The zero-order valence-corrected chi connectivity index (χ0v) is 32.8. The quantitative estimate of drug-likeness (QED) is 0.0292. The fourth-order valence-corrected chi connectivity index (χ4v) is 6.59. The fourth-order valence-electron chi connectivity index (χ4n) is 6.59. The summed E-state index contributed by atoms with van der Waals surface area (Å²) in [6, 6.07) is 0. The van der Waals surface area contributed by atoms with Crippen molar-refractivity contribution >= 4 is 11.9 Å². The molecule has 0 amide bonds. The summed E-state index contributed by atoms with van der Waals surface area (Å²) in [4.78, 5) is 25.3. The first kappa shape index (κ1) is 48.0. The van der Waals surface area contributed by atoms with Gasteiger partial charge in [0, 0.05) is 0 Å². The molecule has 0 spiro atoms. The molecule has 2 unspecified atom stereocenters. The molecule has 0 rings (SSSR count). The number of aliphatic hydroxyl groups excluding tert-OH is 2. The van der Waals surface area contributed by atoms with E-state index < -0.39 is 36.4 Å². The summed E-state index contributed by atoms with van der Waals surface area (Å²) in [7, 11) is 0. The van der Waals surface area contributed by atoms with Gasteiger partial charge in [0.2, 0.25) is 0 Å². The second-order valence-electron chi connectivity index (χ2n) is 16.1. The molecule has 49 heavy (non-hydrogen) atoms. The second kappa shape index (κ2) is 31.7. The lowest BCUT2D eigenvalue weighted by molar-refractivity contribution is -0.190. The second-order valence-corrected chi connectivity index (χ2v) is 16.1. The van der Waals surface area contributed by atoms with Gasteiger partial charge in [-0.1, -0.05) is 195 Å². The van der Waals surface area contributed by atoms with Crippen LogP contribution in [0.5, 0.6) is 0 Å². The Morgan fingerprint density at radius 2 is 0.612 bits per heavy atom. The molecule has 0 aliphatic heterocycles. The van der Waals surface area contributed by atoms with Crippen molar-refractivity contribution in [2.75, 3.05) is 13.2 Å². The van der Waals surface area contributed by atoms with Gasteiger partial charge in [0.25, 0.3) is 0 Å². The largest absolute Gasteiger partial charge is 0.393 e. The van der Waals surface area contributed by atoms with Crippen molar-refractivity contribution in [2.45, 2.75) is 232 Å². The standard InChI is InChI=1S/C42H82O7/c1-37(2)31-27-23-19-15-11-7-5-9-13-17-21-25-29-33-41(47,35-43)39(45)49-40(46)42(48,36-44)34-30-26-22-18-14-10-6-8-12-16-20-24-28-32-38(3)4/h37-38,43-44,47-48H,5-36H2,1-4H3. The highest BCUT2D eigenvalue weighted by Crippen LogP contribution is 2.23. The van der Waals surface area contributed by atoms with Gasteiger partial charge in [0.05, 0.1) is 13.2 Å². The number of hydrogen-bond donors (Lipinski definition) is 4. The van der Waals surface area contributed by atoms with Crippen LogP contribution >= 0.6 is 0 Å². The molecule has 0 aliphatic carbocycles. The Kier molecular flexibility index (Phi) is 31.0. The molecule has 4 N–H and O–H groups in total. The summed E-state index contributed by atoms with van der Waals surface area (Å²) in [5, 5.41) is 40.9. The van der Waals surface area contributed by atoms with E-state index in [1.54, 1.807) is 0 Å². The molecule has 292 valence electrons. The minimum absolute atomic E-state index is 0.0250. The normalized spacial score (nSPS) is 14.3. The van der Waals surface area contributed by atoms with Crippen LogP contribution in [-0.4, -0.2) is 56.8 Å². The summed E-state index contributed by atoms with van der Waals surface area (Å²) in [6.45, 7) is 7.43. The van der Waals surface area contributed by atoms with Crippen LogP contribution in [0.4, 0.5) is 0 Å². The van der Waals surface area contributed by atoms with Crippen LogP contribution in [0.2, 0.25) is 0 Å². The maximum absolute atomic E-state index is 12.6. The van der Waals surface area contributed by atoms with Crippen LogP contribution in [0.25, 0.3) is 0 Å². The first-order valence-electron chi connectivity index (χ1n) is 20.9. The lowest BCUT2D eigenvalue weighted by Crippen LogP contribution is -2.50. The summed E-state index contributed by atoms with van der Waals surface area (Å²) < 4.78 is 4.82. The van der Waals surface area contributed by atoms with Crippen molar-refractivity contribution in [3.05, 3.63) is 0 Å². The number of aliphatic hydroxyl groups is 4. The van der Waals surface area contributed by atoms with E-state index in [2.05, 4.69) is 27.7 Å². The van der Waals surface area contributed by atoms with Crippen LogP contribution in [-0.2, 0) is 14.3 Å². The molecule has 0 aromatic carbocycles. The Morgan fingerprint density at radius 1 is 0.408 bits per heavy atom. The maximum Gasteiger partial charge on any atom is 0.348 e. The zero-order valence-electron chi connectivity index (χ0n) is 32.8. The fraction of sp³-hybridized carbons (Fsp3) is 0.952. The SMILES string of the molecule is CC(C)CCCCCCCCCCCCCCCC(O)(CO)C(=O)OC(=O)C(O)(CO)CCCCCCCCCCCCCCCC(C)C. The van der Waals surface area contributed by atoms with Crippen LogP contribution in [0.3, 0.4) is 0 Å². The van der Waals surface area contributed by atoms with E-state index in [-0.39, 0.29) is 12.8 Å². The smallest absolute Gasteiger partial charge is 0.348 e. The monoisotopic (exact) mass is 699 g/mol. The van der Waals surface area contributed by atoms with Gasteiger partial charge in [-0.3, -0.25) is 0 Å². The molecule has 7 heteroatoms.